The molecule has 1 unspecified atom stereocenters. The van der Waals surface area contributed by atoms with Gasteiger partial charge in [0.1, 0.15) is 0 Å². The van der Waals surface area contributed by atoms with Gasteiger partial charge in [-0.05, 0) is 24.7 Å². The fraction of sp³-hybridized carbons (Fsp3) is 0.500. The highest BCUT2D eigenvalue weighted by atomic mass is 32.2. The van der Waals surface area contributed by atoms with E-state index >= 15 is 0 Å². The van der Waals surface area contributed by atoms with Crippen LogP contribution in [0.25, 0.3) is 0 Å². The molecule has 1 aromatic carbocycles. The summed E-state index contributed by atoms with van der Waals surface area (Å²) < 4.78 is 0. The second-order valence-electron chi connectivity index (χ2n) is 4.40. The molecule has 0 bridgehead atoms. The molecule has 2 rings (SSSR count). The summed E-state index contributed by atoms with van der Waals surface area (Å²) in [6.45, 7) is 0.868. The van der Waals surface area contributed by atoms with Crippen LogP contribution in [0.15, 0.2) is 18.2 Å². The molecule has 0 amide bonds. The van der Waals surface area contributed by atoms with Crippen molar-refractivity contribution in [2.75, 3.05) is 23.3 Å². The SMILES string of the molecule is Nc1cc([N+](=O)[O-])ccc1NCC1CCCCS1. The van der Waals surface area contributed by atoms with Crippen LogP contribution in [0.3, 0.4) is 0 Å². The Hall–Kier alpha value is -1.43. The summed E-state index contributed by atoms with van der Waals surface area (Å²) in [5, 5.41) is 14.5. The number of non-ortho nitro benzene ring substituents is 1. The number of anilines is 2. The zero-order valence-electron chi connectivity index (χ0n) is 10.1. The van der Waals surface area contributed by atoms with E-state index in [1.54, 1.807) is 6.07 Å². The molecule has 0 aromatic heterocycles. The molecule has 1 aliphatic heterocycles. The first-order valence-corrected chi connectivity index (χ1v) is 7.11. The summed E-state index contributed by atoms with van der Waals surface area (Å²) in [6, 6.07) is 4.56. The lowest BCUT2D eigenvalue weighted by molar-refractivity contribution is -0.384. The van der Waals surface area contributed by atoms with Gasteiger partial charge in [-0.3, -0.25) is 10.1 Å². The molecule has 1 heterocycles. The molecule has 3 N–H and O–H groups in total. The zero-order valence-corrected chi connectivity index (χ0v) is 10.9. The van der Waals surface area contributed by atoms with Crippen molar-refractivity contribution in [2.24, 2.45) is 0 Å². The molecule has 6 heteroatoms. The quantitative estimate of drug-likeness (QED) is 0.498. The predicted octanol–water partition coefficient (Wildman–Crippen LogP) is 2.87. The van der Waals surface area contributed by atoms with E-state index in [0.29, 0.717) is 10.9 Å². The van der Waals surface area contributed by atoms with Gasteiger partial charge in [-0.15, -0.1) is 0 Å². The molecular weight excluding hydrogens is 250 g/mol. The highest BCUT2D eigenvalue weighted by molar-refractivity contribution is 7.99. The number of nitrogen functional groups attached to an aromatic ring is 1. The Balaban J connectivity index is 1.94. The van der Waals surface area contributed by atoms with Crippen LogP contribution in [0, 0.1) is 10.1 Å². The van der Waals surface area contributed by atoms with E-state index < -0.39 is 4.92 Å². The standard InChI is InChI=1S/C12H17N3O2S/c13-11-7-9(15(16)17)4-5-12(11)14-8-10-3-1-2-6-18-10/h4-5,7,10,14H,1-3,6,8,13H2. The minimum absolute atomic E-state index is 0.0325. The number of nitrogens with two attached hydrogens (primary N) is 1. The predicted molar refractivity (Wildman–Crippen MR) is 76.1 cm³/mol. The van der Waals surface area contributed by atoms with E-state index in [1.807, 2.05) is 11.8 Å². The zero-order chi connectivity index (χ0) is 13.0. The molecule has 1 fully saturated rings. The highest BCUT2D eigenvalue weighted by Crippen LogP contribution is 2.27. The van der Waals surface area contributed by atoms with Gasteiger partial charge in [-0.25, -0.2) is 0 Å². The van der Waals surface area contributed by atoms with Gasteiger partial charge in [-0.1, -0.05) is 6.42 Å². The maximum absolute atomic E-state index is 10.6. The van der Waals surface area contributed by atoms with Gasteiger partial charge in [0, 0.05) is 23.9 Å². The Bertz CT molecular complexity index is 433. The second kappa shape index (κ2) is 5.95. The van der Waals surface area contributed by atoms with E-state index in [2.05, 4.69) is 5.32 Å². The molecule has 1 aromatic rings. The monoisotopic (exact) mass is 267 g/mol. The van der Waals surface area contributed by atoms with Gasteiger partial charge >= 0.3 is 0 Å². The van der Waals surface area contributed by atoms with Gasteiger partial charge in [0.2, 0.25) is 0 Å². The van der Waals surface area contributed by atoms with Crippen LogP contribution in [0.1, 0.15) is 19.3 Å². The Kier molecular flexibility index (Phi) is 4.30. The molecular formula is C12H17N3O2S. The molecule has 0 saturated carbocycles. The van der Waals surface area contributed by atoms with Crippen molar-refractivity contribution in [1.29, 1.82) is 0 Å². The van der Waals surface area contributed by atoms with Crippen molar-refractivity contribution in [3.63, 3.8) is 0 Å². The van der Waals surface area contributed by atoms with Gasteiger partial charge < -0.3 is 11.1 Å². The number of hydrogen-bond acceptors (Lipinski definition) is 5. The lowest BCUT2D eigenvalue weighted by Crippen LogP contribution is -2.20. The van der Waals surface area contributed by atoms with Crippen LogP contribution in [-0.4, -0.2) is 22.5 Å². The van der Waals surface area contributed by atoms with E-state index in [4.69, 9.17) is 5.73 Å². The summed E-state index contributed by atoms with van der Waals surface area (Å²) in [6.07, 6.45) is 3.82. The minimum atomic E-state index is -0.433. The molecule has 1 saturated heterocycles. The second-order valence-corrected chi connectivity index (χ2v) is 5.81. The molecule has 0 radical (unpaired) electrons. The fourth-order valence-electron chi connectivity index (χ4n) is 2.02. The molecule has 1 aliphatic rings. The molecule has 98 valence electrons. The number of hydrogen-bond donors (Lipinski definition) is 2. The first kappa shape index (κ1) is 13.0. The summed E-state index contributed by atoms with van der Waals surface area (Å²) in [4.78, 5) is 10.2. The normalized spacial score (nSPS) is 19.4. The molecule has 18 heavy (non-hydrogen) atoms. The van der Waals surface area contributed by atoms with Crippen molar-refractivity contribution >= 4 is 28.8 Å². The molecule has 5 nitrogen and oxygen atoms in total. The fourth-order valence-corrected chi connectivity index (χ4v) is 3.26. The third-order valence-electron chi connectivity index (χ3n) is 3.04. The van der Waals surface area contributed by atoms with Crippen molar-refractivity contribution in [3.8, 4) is 0 Å². The number of benzene rings is 1. The lowest BCUT2D eigenvalue weighted by Gasteiger charge is -2.22. The third kappa shape index (κ3) is 3.29. The molecule has 0 aliphatic carbocycles. The van der Waals surface area contributed by atoms with Crippen LogP contribution < -0.4 is 11.1 Å². The number of nitro groups is 1. The summed E-state index contributed by atoms with van der Waals surface area (Å²) >= 11 is 1.98. The minimum Gasteiger partial charge on any atom is -0.397 e. The summed E-state index contributed by atoms with van der Waals surface area (Å²) in [5.41, 5.74) is 7.05. The summed E-state index contributed by atoms with van der Waals surface area (Å²) in [7, 11) is 0. The first-order valence-electron chi connectivity index (χ1n) is 6.06. The Morgan fingerprint density at radius 3 is 2.94 bits per heavy atom. The van der Waals surface area contributed by atoms with Crippen molar-refractivity contribution in [1.82, 2.24) is 0 Å². The first-order chi connectivity index (χ1) is 8.66. The van der Waals surface area contributed by atoms with E-state index in [-0.39, 0.29) is 5.69 Å². The van der Waals surface area contributed by atoms with Gasteiger partial charge in [0.05, 0.1) is 16.3 Å². The van der Waals surface area contributed by atoms with E-state index in [1.165, 1.54) is 37.1 Å². The number of nitrogens with zero attached hydrogens (tertiary/aromatic N) is 1. The van der Waals surface area contributed by atoms with Crippen LogP contribution >= 0.6 is 11.8 Å². The smallest absolute Gasteiger partial charge is 0.271 e. The Labute approximate surface area is 110 Å². The Morgan fingerprint density at radius 2 is 2.33 bits per heavy atom. The average Bonchev–Trinajstić information content (AvgIpc) is 2.38. The number of nitrogens with one attached hydrogen (secondary N) is 1. The van der Waals surface area contributed by atoms with E-state index in [9.17, 15) is 10.1 Å². The largest absolute Gasteiger partial charge is 0.397 e. The maximum Gasteiger partial charge on any atom is 0.271 e. The van der Waals surface area contributed by atoms with Crippen LogP contribution in [0.4, 0.5) is 17.1 Å². The molecule has 0 spiro atoms. The van der Waals surface area contributed by atoms with Crippen LogP contribution in [0.2, 0.25) is 0 Å². The maximum atomic E-state index is 10.6. The van der Waals surface area contributed by atoms with Crippen LogP contribution in [0.5, 0.6) is 0 Å². The van der Waals surface area contributed by atoms with E-state index in [0.717, 1.165) is 12.2 Å². The average molecular weight is 267 g/mol. The summed E-state index contributed by atoms with van der Waals surface area (Å²) in [5.74, 6) is 1.22. The van der Waals surface area contributed by atoms with Crippen molar-refractivity contribution in [2.45, 2.75) is 24.5 Å². The Morgan fingerprint density at radius 1 is 1.50 bits per heavy atom. The highest BCUT2D eigenvalue weighted by Gasteiger charge is 2.14. The number of rotatable bonds is 4. The number of thioether (sulfide) groups is 1. The van der Waals surface area contributed by atoms with Gasteiger partial charge in [0.15, 0.2) is 0 Å². The van der Waals surface area contributed by atoms with Gasteiger partial charge in [-0.2, -0.15) is 11.8 Å². The van der Waals surface area contributed by atoms with Crippen LogP contribution in [-0.2, 0) is 0 Å². The topological polar surface area (TPSA) is 81.2 Å². The molecule has 1 atom stereocenters. The number of nitro benzene ring substituents is 1. The van der Waals surface area contributed by atoms with Gasteiger partial charge in [0.25, 0.3) is 5.69 Å². The van der Waals surface area contributed by atoms with Crippen molar-refractivity contribution in [3.05, 3.63) is 28.3 Å². The third-order valence-corrected chi connectivity index (χ3v) is 4.44. The lowest BCUT2D eigenvalue weighted by atomic mass is 10.2. The van der Waals surface area contributed by atoms with Crippen molar-refractivity contribution < 1.29 is 4.92 Å².